The molecule has 0 atom stereocenters. The number of halogens is 1. The maximum atomic E-state index is 12.1. The minimum absolute atomic E-state index is 0.247. The van der Waals surface area contributed by atoms with Crippen LogP contribution < -0.4 is 5.32 Å². The molecule has 0 aliphatic carbocycles. The highest BCUT2D eigenvalue weighted by atomic mass is 35.5. The predicted octanol–water partition coefficient (Wildman–Crippen LogP) is 3.40. The van der Waals surface area contributed by atoms with Crippen molar-refractivity contribution >= 4 is 39.9 Å². The molecule has 0 aliphatic heterocycles. The predicted molar refractivity (Wildman–Crippen MR) is 82.2 cm³/mol. The molecule has 0 saturated carbocycles. The monoisotopic (exact) mass is 324 g/mol. The first kappa shape index (κ1) is 15.5. The fourth-order valence-corrected chi connectivity index (χ4v) is 2.68. The zero-order chi connectivity index (χ0) is 15.4. The Hall–Kier alpha value is -1.92. The summed E-state index contributed by atoms with van der Waals surface area (Å²) in [6, 6.07) is 6.51. The van der Waals surface area contributed by atoms with Crippen molar-refractivity contribution in [3.05, 3.63) is 45.4 Å². The van der Waals surface area contributed by atoms with Crippen LogP contribution in [0.1, 0.15) is 32.6 Å². The number of esters is 1. The molecule has 0 bridgehead atoms. The van der Waals surface area contributed by atoms with E-state index in [-0.39, 0.29) is 11.6 Å². The van der Waals surface area contributed by atoms with Crippen molar-refractivity contribution in [1.29, 1.82) is 0 Å². The number of rotatable bonds is 4. The number of hydrogen-bond donors (Lipinski definition) is 1. The van der Waals surface area contributed by atoms with Crippen LogP contribution in [-0.4, -0.2) is 24.0 Å². The summed E-state index contributed by atoms with van der Waals surface area (Å²) in [6.45, 7) is 1.91. The number of nitrogens with one attached hydrogen (secondary N) is 1. The lowest BCUT2D eigenvalue weighted by atomic mass is 10.2. The number of nitrogens with zero attached hydrogens (tertiary/aromatic N) is 1. The molecule has 110 valence electrons. The summed E-state index contributed by atoms with van der Waals surface area (Å²) in [6.07, 6.45) is 0.638. The Labute approximate surface area is 130 Å². The molecule has 0 saturated heterocycles. The van der Waals surface area contributed by atoms with Crippen LogP contribution in [0.25, 0.3) is 0 Å². The number of benzene rings is 1. The summed E-state index contributed by atoms with van der Waals surface area (Å²) in [5, 5.41) is 3.59. The zero-order valence-electron chi connectivity index (χ0n) is 11.5. The van der Waals surface area contributed by atoms with Gasteiger partial charge in [-0.05, 0) is 30.7 Å². The Bertz CT molecular complexity index is 667. The summed E-state index contributed by atoms with van der Waals surface area (Å²) < 4.78 is 4.67. The lowest BCUT2D eigenvalue weighted by Crippen LogP contribution is -2.12. The van der Waals surface area contributed by atoms with Gasteiger partial charge in [0, 0.05) is 15.5 Å². The maximum Gasteiger partial charge on any atom is 0.357 e. The average Bonchev–Trinajstić information content (AvgIpc) is 2.90. The number of carbonyl (C=O) groups is 2. The number of hydrogen-bond acceptors (Lipinski definition) is 5. The molecule has 0 unspecified atom stereocenters. The van der Waals surface area contributed by atoms with Crippen molar-refractivity contribution in [2.75, 3.05) is 12.4 Å². The van der Waals surface area contributed by atoms with Gasteiger partial charge in [-0.2, -0.15) is 0 Å². The molecule has 2 rings (SSSR count). The van der Waals surface area contributed by atoms with E-state index in [1.54, 1.807) is 24.3 Å². The fourth-order valence-electron chi connectivity index (χ4n) is 1.67. The normalized spacial score (nSPS) is 10.2. The van der Waals surface area contributed by atoms with Crippen LogP contribution in [0.15, 0.2) is 24.3 Å². The SMILES string of the molecule is CCc1sc(NC(=O)c2ccc(Cl)cc2)nc1C(=O)OC. The number of ether oxygens (including phenoxy) is 1. The highest BCUT2D eigenvalue weighted by Crippen LogP contribution is 2.24. The Morgan fingerprint density at radius 1 is 1.33 bits per heavy atom. The number of amides is 1. The smallest absolute Gasteiger partial charge is 0.357 e. The van der Waals surface area contributed by atoms with E-state index >= 15 is 0 Å². The number of aryl methyl sites for hydroxylation is 1. The van der Waals surface area contributed by atoms with Gasteiger partial charge in [-0.3, -0.25) is 10.1 Å². The van der Waals surface area contributed by atoms with E-state index in [1.807, 2.05) is 6.92 Å². The van der Waals surface area contributed by atoms with Crippen LogP contribution in [-0.2, 0) is 11.2 Å². The molecular formula is C14H13ClN2O3S. The van der Waals surface area contributed by atoms with E-state index in [2.05, 4.69) is 15.0 Å². The van der Waals surface area contributed by atoms with Crippen LogP contribution in [0.3, 0.4) is 0 Å². The molecule has 1 amide bonds. The minimum atomic E-state index is -0.505. The van der Waals surface area contributed by atoms with Crippen molar-refractivity contribution in [3.63, 3.8) is 0 Å². The Morgan fingerprint density at radius 3 is 2.57 bits per heavy atom. The van der Waals surface area contributed by atoms with Gasteiger partial charge in [0.15, 0.2) is 10.8 Å². The zero-order valence-corrected chi connectivity index (χ0v) is 13.0. The van der Waals surface area contributed by atoms with E-state index < -0.39 is 5.97 Å². The largest absolute Gasteiger partial charge is 0.464 e. The third-order valence-electron chi connectivity index (χ3n) is 2.72. The maximum absolute atomic E-state index is 12.1. The van der Waals surface area contributed by atoms with E-state index in [0.717, 1.165) is 4.88 Å². The highest BCUT2D eigenvalue weighted by Gasteiger charge is 2.19. The third-order valence-corrected chi connectivity index (χ3v) is 4.09. The molecule has 1 heterocycles. The van der Waals surface area contributed by atoms with Crippen molar-refractivity contribution in [1.82, 2.24) is 4.98 Å². The summed E-state index contributed by atoms with van der Waals surface area (Å²) in [5.41, 5.74) is 0.712. The van der Waals surface area contributed by atoms with Crippen LogP contribution in [0.4, 0.5) is 5.13 Å². The van der Waals surface area contributed by atoms with Crippen molar-refractivity contribution < 1.29 is 14.3 Å². The van der Waals surface area contributed by atoms with Gasteiger partial charge in [0.25, 0.3) is 5.91 Å². The molecule has 7 heteroatoms. The van der Waals surface area contributed by atoms with Gasteiger partial charge in [-0.15, -0.1) is 11.3 Å². The van der Waals surface area contributed by atoms with E-state index in [9.17, 15) is 9.59 Å². The van der Waals surface area contributed by atoms with Gasteiger partial charge >= 0.3 is 5.97 Å². The van der Waals surface area contributed by atoms with Gasteiger partial charge < -0.3 is 4.74 Å². The minimum Gasteiger partial charge on any atom is -0.464 e. The van der Waals surface area contributed by atoms with Gasteiger partial charge in [0.1, 0.15) is 0 Å². The summed E-state index contributed by atoms with van der Waals surface area (Å²) in [5.74, 6) is -0.811. The first-order valence-corrected chi connectivity index (χ1v) is 7.39. The van der Waals surface area contributed by atoms with E-state index in [4.69, 9.17) is 11.6 Å². The second-order valence-electron chi connectivity index (χ2n) is 4.10. The first-order valence-electron chi connectivity index (χ1n) is 6.20. The summed E-state index contributed by atoms with van der Waals surface area (Å²) >= 11 is 7.04. The molecule has 1 N–H and O–H groups in total. The molecule has 0 radical (unpaired) electrons. The topological polar surface area (TPSA) is 68.3 Å². The van der Waals surface area contributed by atoms with Crippen molar-refractivity contribution in [2.24, 2.45) is 0 Å². The highest BCUT2D eigenvalue weighted by molar-refractivity contribution is 7.16. The molecule has 0 spiro atoms. The van der Waals surface area contributed by atoms with Crippen LogP contribution in [0.5, 0.6) is 0 Å². The Balaban J connectivity index is 2.19. The second kappa shape index (κ2) is 6.69. The van der Waals surface area contributed by atoms with E-state index in [0.29, 0.717) is 22.1 Å². The fraction of sp³-hybridized carbons (Fsp3) is 0.214. The first-order chi connectivity index (χ1) is 10.0. The molecule has 0 fully saturated rings. The quantitative estimate of drug-likeness (QED) is 0.875. The lowest BCUT2D eigenvalue weighted by Gasteiger charge is -2.01. The summed E-state index contributed by atoms with van der Waals surface area (Å²) in [7, 11) is 1.30. The lowest BCUT2D eigenvalue weighted by molar-refractivity contribution is 0.0593. The Morgan fingerprint density at radius 2 is 2.00 bits per heavy atom. The molecular weight excluding hydrogens is 312 g/mol. The van der Waals surface area contributed by atoms with Gasteiger partial charge in [0.05, 0.1) is 7.11 Å². The number of methoxy groups -OCH3 is 1. The number of thiazole rings is 1. The molecule has 1 aromatic heterocycles. The summed E-state index contributed by atoms with van der Waals surface area (Å²) in [4.78, 5) is 28.6. The van der Waals surface area contributed by atoms with Gasteiger partial charge in [-0.25, -0.2) is 9.78 Å². The van der Waals surface area contributed by atoms with Crippen molar-refractivity contribution in [2.45, 2.75) is 13.3 Å². The molecule has 1 aromatic carbocycles. The van der Waals surface area contributed by atoms with Crippen LogP contribution in [0.2, 0.25) is 5.02 Å². The van der Waals surface area contributed by atoms with Crippen molar-refractivity contribution in [3.8, 4) is 0 Å². The van der Waals surface area contributed by atoms with Gasteiger partial charge in [0.2, 0.25) is 0 Å². The Kier molecular flexibility index (Phi) is 4.93. The third kappa shape index (κ3) is 3.59. The molecule has 21 heavy (non-hydrogen) atoms. The van der Waals surface area contributed by atoms with Gasteiger partial charge in [-0.1, -0.05) is 18.5 Å². The van der Waals surface area contributed by atoms with Crippen LogP contribution in [0, 0.1) is 0 Å². The number of aromatic nitrogens is 1. The van der Waals surface area contributed by atoms with E-state index in [1.165, 1.54) is 18.4 Å². The molecule has 0 aliphatic rings. The number of carbonyl (C=O) groups excluding carboxylic acids is 2. The average molecular weight is 325 g/mol. The standard InChI is InChI=1S/C14H13ClN2O3S/c1-3-10-11(13(19)20-2)16-14(21-10)17-12(18)8-4-6-9(15)7-5-8/h4-7H,3H2,1-2H3,(H,16,17,18). The number of anilines is 1. The molecule has 2 aromatic rings. The van der Waals surface area contributed by atoms with Crippen LogP contribution >= 0.6 is 22.9 Å². The molecule has 5 nitrogen and oxygen atoms in total. The second-order valence-corrected chi connectivity index (χ2v) is 5.62.